The van der Waals surface area contributed by atoms with Gasteiger partial charge in [0.25, 0.3) is 11.8 Å². The van der Waals surface area contributed by atoms with Gasteiger partial charge in [0.1, 0.15) is 6.33 Å². The van der Waals surface area contributed by atoms with Crippen LogP contribution in [0.1, 0.15) is 39.1 Å². The molecule has 0 spiro atoms. The number of anilines is 1. The number of piperazine rings is 1. The van der Waals surface area contributed by atoms with Gasteiger partial charge in [-0.1, -0.05) is 35.0 Å². The Labute approximate surface area is 218 Å². The zero-order chi connectivity index (χ0) is 26.2. The van der Waals surface area contributed by atoms with Gasteiger partial charge in [-0.2, -0.15) is 4.68 Å². The monoisotopic (exact) mass is 510 g/mol. The van der Waals surface area contributed by atoms with Crippen molar-refractivity contribution in [2.75, 3.05) is 37.6 Å². The van der Waals surface area contributed by atoms with Crippen LogP contribution in [0, 0.1) is 6.92 Å². The van der Waals surface area contributed by atoms with Crippen LogP contribution in [0.5, 0.6) is 0 Å². The molecule has 0 radical (unpaired) electrons. The van der Waals surface area contributed by atoms with E-state index in [-0.39, 0.29) is 30.7 Å². The van der Waals surface area contributed by atoms with Gasteiger partial charge in [-0.05, 0) is 37.6 Å². The molecule has 2 aliphatic heterocycles. The average molecular weight is 511 g/mol. The molecule has 2 aromatic heterocycles. The number of amides is 3. The molecule has 0 aliphatic carbocycles. The van der Waals surface area contributed by atoms with E-state index in [1.54, 1.807) is 28.9 Å². The predicted octanol–water partition coefficient (Wildman–Crippen LogP) is 2.24. The van der Waals surface area contributed by atoms with Crippen molar-refractivity contribution in [3.05, 3.63) is 71.5 Å². The fourth-order valence-electron chi connectivity index (χ4n) is 4.98. The molecular weight excluding hydrogens is 484 g/mol. The first kappa shape index (κ1) is 23.7. The van der Waals surface area contributed by atoms with E-state index in [0.29, 0.717) is 60.7 Å². The van der Waals surface area contributed by atoms with Crippen LogP contribution in [-0.2, 0) is 4.79 Å². The van der Waals surface area contributed by atoms with Crippen molar-refractivity contribution < 1.29 is 14.4 Å². The molecular formula is C27H26N8O3. The Morgan fingerprint density at radius 3 is 2.26 bits per heavy atom. The molecule has 2 aliphatic rings. The van der Waals surface area contributed by atoms with Crippen molar-refractivity contribution in [1.29, 1.82) is 0 Å². The number of carbonyl (C=O) groups is 3. The van der Waals surface area contributed by atoms with Crippen LogP contribution >= 0.6 is 0 Å². The molecule has 6 rings (SSSR count). The van der Waals surface area contributed by atoms with E-state index in [1.807, 2.05) is 36.1 Å². The summed E-state index contributed by atoms with van der Waals surface area (Å²) in [6, 6.07) is 14.8. The standard InChI is InChI=1S/C27H26N8O3/c1-18-8-10-19(11-9-18)35-25-23(30-31-35)24(28-17-29-25)33-15-13-32(14-16-33)22(36)7-4-12-34-26(37)20-5-2-3-6-21(20)27(34)38/h2-3,5-6,8-11,17H,4,7,12-16H2,1H3. The van der Waals surface area contributed by atoms with E-state index in [1.165, 1.54) is 11.2 Å². The number of nitrogens with zero attached hydrogens (tertiary/aromatic N) is 8. The lowest BCUT2D eigenvalue weighted by Crippen LogP contribution is -2.49. The number of rotatable bonds is 6. The van der Waals surface area contributed by atoms with Crippen LogP contribution < -0.4 is 4.90 Å². The van der Waals surface area contributed by atoms with Gasteiger partial charge < -0.3 is 9.80 Å². The van der Waals surface area contributed by atoms with Gasteiger partial charge in [-0.25, -0.2) is 9.97 Å². The molecule has 0 saturated carbocycles. The highest BCUT2D eigenvalue weighted by Crippen LogP contribution is 2.25. The van der Waals surface area contributed by atoms with E-state index in [9.17, 15) is 14.4 Å². The molecule has 38 heavy (non-hydrogen) atoms. The van der Waals surface area contributed by atoms with Crippen molar-refractivity contribution in [3.8, 4) is 5.69 Å². The van der Waals surface area contributed by atoms with E-state index < -0.39 is 0 Å². The Bertz CT molecular complexity index is 1500. The van der Waals surface area contributed by atoms with Crippen LogP contribution in [-0.4, -0.2) is 85.2 Å². The van der Waals surface area contributed by atoms with Crippen molar-refractivity contribution in [2.45, 2.75) is 19.8 Å². The molecule has 1 saturated heterocycles. The highest BCUT2D eigenvalue weighted by Gasteiger charge is 2.34. The van der Waals surface area contributed by atoms with Crippen molar-refractivity contribution >= 4 is 34.7 Å². The summed E-state index contributed by atoms with van der Waals surface area (Å²) in [6.45, 7) is 4.56. The van der Waals surface area contributed by atoms with Crippen LogP contribution in [0.3, 0.4) is 0 Å². The number of hydrogen-bond donors (Lipinski definition) is 0. The minimum Gasteiger partial charge on any atom is -0.351 e. The van der Waals surface area contributed by atoms with Gasteiger partial charge in [-0.3, -0.25) is 19.3 Å². The fraction of sp³-hybridized carbons (Fsp3) is 0.296. The molecule has 4 aromatic rings. The molecule has 11 nitrogen and oxygen atoms in total. The minimum absolute atomic E-state index is 0.0133. The van der Waals surface area contributed by atoms with E-state index in [4.69, 9.17) is 0 Å². The van der Waals surface area contributed by atoms with Gasteiger partial charge >= 0.3 is 0 Å². The normalized spacial score (nSPS) is 15.4. The summed E-state index contributed by atoms with van der Waals surface area (Å²) < 4.78 is 1.70. The Balaban J connectivity index is 1.06. The number of carbonyl (C=O) groups excluding carboxylic acids is 3. The first-order chi connectivity index (χ1) is 18.5. The SMILES string of the molecule is Cc1ccc(-n2nnc3c(N4CCN(C(=O)CCCN5C(=O)c6ccccc6C5=O)CC4)ncnc32)cc1. The smallest absolute Gasteiger partial charge is 0.261 e. The summed E-state index contributed by atoms with van der Waals surface area (Å²) in [5, 5.41) is 8.66. The molecule has 11 heteroatoms. The largest absolute Gasteiger partial charge is 0.351 e. The molecule has 0 unspecified atom stereocenters. The summed E-state index contributed by atoms with van der Waals surface area (Å²) in [7, 11) is 0. The Morgan fingerprint density at radius 2 is 1.58 bits per heavy atom. The predicted molar refractivity (Wildman–Crippen MR) is 139 cm³/mol. The lowest BCUT2D eigenvalue weighted by molar-refractivity contribution is -0.131. The third kappa shape index (κ3) is 4.15. The maximum atomic E-state index is 12.9. The topological polar surface area (TPSA) is 117 Å². The number of fused-ring (bicyclic) bond motifs is 2. The maximum absolute atomic E-state index is 12.9. The Morgan fingerprint density at radius 1 is 0.895 bits per heavy atom. The fourth-order valence-corrected chi connectivity index (χ4v) is 4.98. The summed E-state index contributed by atoms with van der Waals surface area (Å²) in [5.74, 6) is 0.134. The lowest BCUT2D eigenvalue weighted by atomic mass is 10.1. The third-order valence-corrected chi connectivity index (χ3v) is 7.08. The van der Waals surface area contributed by atoms with Crippen LogP contribution in [0.25, 0.3) is 16.9 Å². The highest BCUT2D eigenvalue weighted by atomic mass is 16.2. The summed E-state index contributed by atoms with van der Waals surface area (Å²) in [6.07, 6.45) is 2.22. The van der Waals surface area contributed by atoms with Gasteiger partial charge in [-0.15, -0.1) is 5.10 Å². The van der Waals surface area contributed by atoms with Gasteiger partial charge in [0.2, 0.25) is 5.91 Å². The summed E-state index contributed by atoms with van der Waals surface area (Å²) in [5.41, 5.74) is 4.14. The van der Waals surface area contributed by atoms with E-state index >= 15 is 0 Å². The number of benzene rings is 2. The first-order valence-corrected chi connectivity index (χ1v) is 12.6. The Hall–Kier alpha value is -4.67. The quantitative estimate of drug-likeness (QED) is 0.363. The highest BCUT2D eigenvalue weighted by molar-refractivity contribution is 6.21. The average Bonchev–Trinajstić information content (AvgIpc) is 3.49. The molecule has 192 valence electrons. The van der Waals surface area contributed by atoms with Crippen molar-refractivity contribution in [1.82, 2.24) is 34.8 Å². The second-order valence-electron chi connectivity index (χ2n) is 9.49. The molecule has 0 bridgehead atoms. The number of imide groups is 1. The molecule has 0 N–H and O–H groups in total. The van der Waals surface area contributed by atoms with Gasteiger partial charge in [0, 0.05) is 39.1 Å². The van der Waals surface area contributed by atoms with Crippen LogP contribution in [0.15, 0.2) is 54.9 Å². The molecule has 4 heterocycles. The van der Waals surface area contributed by atoms with Crippen molar-refractivity contribution in [3.63, 3.8) is 0 Å². The van der Waals surface area contributed by atoms with Gasteiger partial charge in [0.15, 0.2) is 17.0 Å². The molecule has 2 aromatic carbocycles. The Kier molecular flexibility index (Phi) is 6.02. The van der Waals surface area contributed by atoms with Crippen LogP contribution in [0.4, 0.5) is 5.82 Å². The molecule has 3 amide bonds. The molecule has 0 atom stereocenters. The number of hydrogen-bond acceptors (Lipinski definition) is 8. The van der Waals surface area contributed by atoms with E-state index in [0.717, 1.165) is 11.3 Å². The zero-order valence-corrected chi connectivity index (χ0v) is 20.9. The maximum Gasteiger partial charge on any atom is 0.261 e. The number of aromatic nitrogens is 5. The first-order valence-electron chi connectivity index (χ1n) is 12.6. The third-order valence-electron chi connectivity index (χ3n) is 7.08. The van der Waals surface area contributed by atoms with E-state index in [2.05, 4.69) is 25.2 Å². The minimum atomic E-state index is -0.290. The summed E-state index contributed by atoms with van der Waals surface area (Å²) in [4.78, 5) is 52.0. The summed E-state index contributed by atoms with van der Waals surface area (Å²) >= 11 is 0. The number of aryl methyl sites for hydroxylation is 1. The van der Waals surface area contributed by atoms with Crippen molar-refractivity contribution in [2.24, 2.45) is 0 Å². The van der Waals surface area contributed by atoms with Crippen LogP contribution in [0.2, 0.25) is 0 Å². The van der Waals surface area contributed by atoms with Gasteiger partial charge in [0.05, 0.1) is 16.8 Å². The second kappa shape index (κ2) is 9.66. The zero-order valence-electron chi connectivity index (χ0n) is 20.9. The second-order valence-corrected chi connectivity index (χ2v) is 9.49. The lowest BCUT2D eigenvalue weighted by Gasteiger charge is -2.35. The molecule has 1 fully saturated rings.